The Labute approximate surface area is 222 Å². The molecule has 0 spiro atoms. The standard InChI is InChI=1S/C31H29N5O2/c1-21-3-6-24(7-4-21)29-10-9-28-14-26(29)18-35-12-11-34(20-31(35)37)19-27-16-33-22(2)36(27)17-23-5-8-25(15-32)30(13-23)38-28/h3-10,13-14,16H,11-12,17-20H2,1-2H3. The molecule has 1 atom stereocenters. The van der Waals surface area contributed by atoms with Gasteiger partial charge in [0.1, 0.15) is 23.4 Å². The number of nitriles is 1. The van der Waals surface area contributed by atoms with Crippen LogP contribution < -0.4 is 4.74 Å². The Morgan fingerprint density at radius 1 is 0.921 bits per heavy atom. The molecule has 3 aliphatic heterocycles. The van der Waals surface area contributed by atoms with Crippen molar-refractivity contribution in [3.63, 3.8) is 0 Å². The number of benzene rings is 3. The lowest BCUT2D eigenvalue weighted by Crippen LogP contribution is -2.49. The quantitative estimate of drug-likeness (QED) is 0.364. The Hall–Kier alpha value is -4.41. The summed E-state index contributed by atoms with van der Waals surface area (Å²) in [5, 5.41) is 9.77. The average molecular weight is 504 g/mol. The summed E-state index contributed by atoms with van der Waals surface area (Å²) in [7, 11) is 0. The van der Waals surface area contributed by atoms with Gasteiger partial charge in [-0.3, -0.25) is 9.69 Å². The van der Waals surface area contributed by atoms with Crippen molar-refractivity contribution in [1.29, 1.82) is 5.26 Å². The third kappa shape index (κ3) is 4.67. The van der Waals surface area contributed by atoms with Crippen LogP contribution in [-0.2, 0) is 24.4 Å². The third-order valence-corrected chi connectivity index (χ3v) is 7.46. The molecule has 4 heterocycles. The van der Waals surface area contributed by atoms with Crippen molar-refractivity contribution in [2.75, 3.05) is 19.6 Å². The zero-order valence-electron chi connectivity index (χ0n) is 21.6. The van der Waals surface area contributed by atoms with Crippen LogP contribution in [0.1, 0.15) is 33.8 Å². The largest absolute Gasteiger partial charge is 0.456 e. The molecule has 7 rings (SSSR count). The van der Waals surface area contributed by atoms with Gasteiger partial charge in [-0.15, -0.1) is 0 Å². The Morgan fingerprint density at radius 2 is 1.76 bits per heavy atom. The number of imidazole rings is 1. The minimum absolute atomic E-state index is 0.115. The molecule has 3 aliphatic rings. The van der Waals surface area contributed by atoms with Gasteiger partial charge >= 0.3 is 0 Å². The molecule has 0 radical (unpaired) electrons. The normalized spacial score (nSPS) is 17.0. The summed E-state index contributed by atoms with van der Waals surface area (Å²) in [6, 6.07) is 22.4. The number of hydrogen-bond acceptors (Lipinski definition) is 5. The van der Waals surface area contributed by atoms with Gasteiger partial charge in [-0.1, -0.05) is 42.0 Å². The van der Waals surface area contributed by atoms with Crippen LogP contribution in [0.5, 0.6) is 11.5 Å². The Kier molecular flexibility index (Phi) is 6.18. The van der Waals surface area contributed by atoms with Crippen LogP contribution in [0.4, 0.5) is 0 Å². The summed E-state index contributed by atoms with van der Waals surface area (Å²) in [4.78, 5) is 22.0. The smallest absolute Gasteiger partial charge is 0.237 e. The highest BCUT2D eigenvalue weighted by atomic mass is 16.5. The number of carbonyl (C=O) groups is 1. The highest BCUT2D eigenvalue weighted by Gasteiger charge is 2.26. The van der Waals surface area contributed by atoms with Gasteiger partial charge in [-0.25, -0.2) is 4.98 Å². The van der Waals surface area contributed by atoms with Crippen molar-refractivity contribution in [3.8, 4) is 28.7 Å². The van der Waals surface area contributed by atoms with Gasteiger partial charge in [0.15, 0.2) is 0 Å². The lowest BCUT2D eigenvalue weighted by Gasteiger charge is -2.35. The maximum atomic E-state index is 13.3. The molecule has 190 valence electrons. The van der Waals surface area contributed by atoms with Crippen LogP contribution in [0.3, 0.4) is 0 Å². The number of piperazine rings is 1. The number of hydrogen-bond donors (Lipinski definition) is 0. The first-order valence-electron chi connectivity index (χ1n) is 12.9. The summed E-state index contributed by atoms with van der Waals surface area (Å²) in [6.07, 6.45) is 1.90. The second kappa shape index (κ2) is 9.81. The molecule has 38 heavy (non-hydrogen) atoms. The van der Waals surface area contributed by atoms with Crippen LogP contribution in [0, 0.1) is 25.2 Å². The fourth-order valence-corrected chi connectivity index (χ4v) is 5.28. The number of rotatable bonds is 1. The summed E-state index contributed by atoms with van der Waals surface area (Å²) < 4.78 is 8.51. The fraction of sp³-hybridized carbons (Fsp3) is 0.258. The molecule has 0 aliphatic carbocycles. The van der Waals surface area contributed by atoms with Gasteiger partial charge < -0.3 is 14.2 Å². The maximum absolute atomic E-state index is 13.3. The first-order valence-corrected chi connectivity index (χ1v) is 12.9. The van der Waals surface area contributed by atoms with Crippen molar-refractivity contribution in [2.24, 2.45) is 0 Å². The summed E-state index contributed by atoms with van der Waals surface area (Å²) in [6.45, 7) is 7.65. The zero-order chi connectivity index (χ0) is 26.2. The lowest BCUT2D eigenvalue weighted by molar-refractivity contribution is -0.136. The van der Waals surface area contributed by atoms with E-state index in [1.54, 1.807) is 0 Å². The van der Waals surface area contributed by atoms with E-state index in [0.717, 1.165) is 40.3 Å². The zero-order valence-corrected chi connectivity index (χ0v) is 21.6. The van der Waals surface area contributed by atoms with E-state index in [9.17, 15) is 10.1 Å². The molecule has 3 aromatic carbocycles. The molecule has 1 amide bonds. The summed E-state index contributed by atoms with van der Waals surface area (Å²) in [5.41, 5.74) is 6.95. The van der Waals surface area contributed by atoms with E-state index < -0.39 is 0 Å². The number of aryl methyl sites for hydroxylation is 2. The number of amides is 1. The van der Waals surface area contributed by atoms with Gasteiger partial charge in [0.2, 0.25) is 5.91 Å². The van der Waals surface area contributed by atoms with E-state index in [0.29, 0.717) is 49.8 Å². The van der Waals surface area contributed by atoms with E-state index >= 15 is 0 Å². The maximum Gasteiger partial charge on any atom is 0.237 e. The van der Waals surface area contributed by atoms with Crippen molar-refractivity contribution < 1.29 is 9.53 Å². The van der Waals surface area contributed by atoms with Crippen molar-refractivity contribution in [1.82, 2.24) is 19.4 Å². The van der Waals surface area contributed by atoms with E-state index in [2.05, 4.69) is 57.8 Å². The minimum atomic E-state index is 0.115. The predicted molar refractivity (Wildman–Crippen MR) is 145 cm³/mol. The molecule has 1 fully saturated rings. The van der Waals surface area contributed by atoms with Gasteiger partial charge in [0.25, 0.3) is 0 Å². The number of nitrogens with zero attached hydrogens (tertiary/aromatic N) is 5. The van der Waals surface area contributed by atoms with E-state index in [-0.39, 0.29) is 5.91 Å². The molecule has 1 unspecified atom stereocenters. The predicted octanol–water partition coefficient (Wildman–Crippen LogP) is 5.04. The molecule has 0 N–H and O–H groups in total. The molecular formula is C31H29N5O2. The molecule has 1 aromatic heterocycles. The Morgan fingerprint density at radius 3 is 2.55 bits per heavy atom. The second-order valence-electron chi connectivity index (χ2n) is 10.1. The van der Waals surface area contributed by atoms with Gasteiger partial charge in [0.05, 0.1) is 17.8 Å². The van der Waals surface area contributed by atoms with E-state index in [4.69, 9.17) is 4.74 Å². The molecule has 6 bridgehead atoms. The monoisotopic (exact) mass is 503 g/mol. The highest BCUT2D eigenvalue weighted by Crippen LogP contribution is 2.33. The van der Waals surface area contributed by atoms with E-state index in [1.807, 2.05) is 48.4 Å². The number of ether oxygens (including phenoxy) is 1. The topological polar surface area (TPSA) is 74.4 Å². The average Bonchev–Trinajstić information content (AvgIpc) is 3.24. The first-order chi connectivity index (χ1) is 18.5. The minimum Gasteiger partial charge on any atom is -0.456 e. The summed E-state index contributed by atoms with van der Waals surface area (Å²) in [5.74, 6) is 2.19. The SMILES string of the molecule is Cc1ccc(-c2ccc3cc2CN2CCN(CC2=O)Cc2cnc(C)n2Cc2ccc(C#N)c(c2)O3)cc1. The molecule has 7 nitrogen and oxygen atoms in total. The molecule has 7 heteroatoms. The molecular weight excluding hydrogens is 474 g/mol. The van der Waals surface area contributed by atoms with Crippen LogP contribution in [-0.4, -0.2) is 44.9 Å². The van der Waals surface area contributed by atoms with Crippen LogP contribution in [0.2, 0.25) is 0 Å². The van der Waals surface area contributed by atoms with Crippen LogP contribution in [0.25, 0.3) is 11.1 Å². The number of carbonyl (C=O) groups excluding carboxylic acids is 1. The molecule has 0 saturated carbocycles. The second-order valence-corrected chi connectivity index (χ2v) is 10.1. The summed E-state index contributed by atoms with van der Waals surface area (Å²) >= 11 is 0. The molecule has 4 aromatic rings. The molecule has 1 saturated heterocycles. The van der Waals surface area contributed by atoms with E-state index in [1.165, 1.54) is 5.56 Å². The van der Waals surface area contributed by atoms with Crippen molar-refractivity contribution in [3.05, 3.63) is 101 Å². The lowest BCUT2D eigenvalue weighted by atomic mass is 9.97. The van der Waals surface area contributed by atoms with Crippen LogP contribution in [0.15, 0.2) is 66.9 Å². The Balaban J connectivity index is 1.46. The van der Waals surface area contributed by atoms with Gasteiger partial charge in [0, 0.05) is 38.9 Å². The highest BCUT2D eigenvalue weighted by molar-refractivity contribution is 5.79. The van der Waals surface area contributed by atoms with Crippen molar-refractivity contribution in [2.45, 2.75) is 33.5 Å². The fourth-order valence-electron chi connectivity index (χ4n) is 5.28. The third-order valence-electron chi connectivity index (χ3n) is 7.46. The van der Waals surface area contributed by atoms with Crippen molar-refractivity contribution >= 4 is 5.91 Å². The number of aromatic nitrogens is 2. The first kappa shape index (κ1) is 24.0. The van der Waals surface area contributed by atoms with Gasteiger partial charge in [-0.2, -0.15) is 5.26 Å². The Bertz CT molecular complexity index is 1560. The number of fused-ring (bicyclic) bond motifs is 2. The van der Waals surface area contributed by atoms with Crippen LogP contribution >= 0.6 is 0 Å². The van der Waals surface area contributed by atoms with Gasteiger partial charge in [-0.05, 0) is 60.4 Å².